The van der Waals surface area contributed by atoms with Crippen molar-refractivity contribution in [2.24, 2.45) is 0 Å². The summed E-state index contributed by atoms with van der Waals surface area (Å²) in [6, 6.07) is 7.25. The monoisotopic (exact) mass is 427 g/mol. The highest BCUT2D eigenvalue weighted by atomic mass is 16.5. The molecule has 0 bridgehead atoms. The quantitative estimate of drug-likeness (QED) is 0.390. The Morgan fingerprint density at radius 2 is 1.58 bits per heavy atom. The average molecular weight is 428 g/mol. The number of fused-ring (bicyclic) bond motifs is 1. The van der Waals surface area contributed by atoms with Gasteiger partial charge in [-0.05, 0) is 38.7 Å². The minimum absolute atomic E-state index is 0.0659. The van der Waals surface area contributed by atoms with Crippen molar-refractivity contribution >= 4 is 29.0 Å². The molecule has 0 radical (unpaired) electrons. The summed E-state index contributed by atoms with van der Waals surface area (Å²) in [6.07, 6.45) is 3.50. The summed E-state index contributed by atoms with van der Waals surface area (Å²) in [6.45, 7) is 4.28. The number of benzene rings is 1. The minimum atomic E-state index is -0.559. The predicted octanol–water partition coefficient (Wildman–Crippen LogP) is 1.40. The lowest BCUT2D eigenvalue weighted by Gasteiger charge is -2.16. The molecule has 2 fully saturated rings. The second-order valence-electron chi connectivity index (χ2n) is 8.01. The molecule has 0 saturated carbocycles. The van der Waals surface area contributed by atoms with Gasteiger partial charge in [0.05, 0.1) is 23.5 Å². The molecule has 166 valence electrons. The maximum atomic E-state index is 13.2. The molecule has 3 aliphatic rings. The first-order chi connectivity index (χ1) is 15.1. The number of anilines is 1. The summed E-state index contributed by atoms with van der Waals surface area (Å²) >= 11 is 0. The van der Waals surface area contributed by atoms with Crippen LogP contribution in [0.5, 0.6) is 0 Å². The van der Waals surface area contributed by atoms with Crippen molar-refractivity contribution in [3.63, 3.8) is 0 Å². The van der Waals surface area contributed by atoms with Crippen molar-refractivity contribution in [2.75, 3.05) is 37.7 Å². The van der Waals surface area contributed by atoms with Crippen molar-refractivity contribution < 1.29 is 23.9 Å². The Morgan fingerprint density at radius 1 is 1.00 bits per heavy atom. The van der Waals surface area contributed by atoms with E-state index in [-0.39, 0.29) is 29.3 Å². The summed E-state index contributed by atoms with van der Waals surface area (Å²) in [7, 11) is 0. The van der Waals surface area contributed by atoms with Crippen molar-refractivity contribution in [1.29, 1.82) is 0 Å². The van der Waals surface area contributed by atoms with Crippen molar-refractivity contribution in [3.8, 4) is 0 Å². The summed E-state index contributed by atoms with van der Waals surface area (Å²) in [5.41, 5.74) is 1.31. The van der Waals surface area contributed by atoms with Crippen molar-refractivity contribution in [3.05, 3.63) is 35.4 Å². The van der Waals surface area contributed by atoms with E-state index >= 15 is 0 Å². The van der Waals surface area contributed by atoms with Crippen LogP contribution in [0.2, 0.25) is 0 Å². The van der Waals surface area contributed by atoms with Crippen LogP contribution >= 0.6 is 0 Å². The maximum Gasteiger partial charge on any atom is 0.259 e. The molecular formula is C23H29N3O5. The highest BCUT2D eigenvalue weighted by molar-refractivity contribution is 6.41. The summed E-state index contributed by atoms with van der Waals surface area (Å²) in [4.78, 5) is 41.2. The second kappa shape index (κ2) is 9.62. The van der Waals surface area contributed by atoms with Gasteiger partial charge in [0.1, 0.15) is 5.57 Å². The zero-order valence-corrected chi connectivity index (χ0v) is 17.8. The molecule has 31 heavy (non-hydrogen) atoms. The number of amides is 3. The van der Waals surface area contributed by atoms with Crippen LogP contribution in [0, 0.1) is 0 Å². The van der Waals surface area contributed by atoms with Gasteiger partial charge in [-0.1, -0.05) is 18.2 Å². The van der Waals surface area contributed by atoms with E-state index in [4.69, 9.17) is 9.47 Å². The Hall–Kier alpha value is -2.71. The van der Waals surface area contributed by atoms with Crippen LogP contribution < -0.4 is 15.5 Å². The molecule has 3 aliphatic heterocycles. The van der Waals surface area contributed by atoms with E-state index in [2.05, 4.69) is 10.6 Å². The zero-order valence-electron chi connectivity index (χ0n) is 17.8. The van der Waals surface area contributed by atoms with E-state index in [1.807, 2.05) is 19.1 Å². The lowest BCUT2D eigenvalue weighted by atomic mass is 9.99. The van der Waals surface area contributed by atoms with Gasteiger partial charge in [0, 0.05) is 38.4 Å². The number of para-hydroxylation sites is 1. The molecule has 0 aromatic heterocycles. The second-order valence-corrected chi connectivity index (χ2v) is 8.01. The normalized spacial score (nSPS) is 22.5. The third-order valence-corrected chi connectivity index (χ3v) is 5.97. The van der Waals surface area contributed by atoms with Crippen molar-refractivity contribution in [2.45, 2.75) is 44.8 Å². The highest BCUT2D eigenvalue weighted by Gasteiger charge is 2.38. The van der Waals surface area contributed by atoms with E-state index in [0.29, 0.717) is 44.1 Å². The van der Waals surface area contributed by atoms with E-state index in [1.54, 1.807) is 17.0 Å². The fourth-order valence-electron chi connectivity index (χ4n) is 4.37. The smallest absolute Gasteiger partial charge is 0.259 e. The molecule has 2 N–H and O–H groups in total. The minimum Gasteiger partial charge on any atom is -0.376 e. The number of nitrogens with zero attached hydrogens (tertiary/aromatic N) is 1. The number of carbonyl (C=O) groups excluding carboxylic acids is 3. The number of likely N-dealkylation sites (N-methyl/N-ethyl adjacent to an activating group) is 1. The van der Waals surface area contributed by atoms with Gasteiger partial charge < -0.3 is 25.0 Å². The van der Waals surface area contributed by atoms with Gasteiger partial charge in [0.15, 0.2) is 0 Å². The standard InChI is InChI=1S/C23H29N3O5/c1-2-26-18-10-4-3-9-17(18)19(23(26)29)20(21(27)24-13-15-7-5-11-30-15)22(28)25-14-16-8-6-12-31-16/h3-4,9-10,15-16H,2,5-8,11-14H2,1H3,(H,24,27)(H,25,28). The third-order valence-electron chi connectivity index (χ3n) is 5.97. The zero-order chi connectivity index (χ0) is 21.8. The van der Waals surface area contributed by atoms with Crippen LogP contribution in [-0.2, 0) is 23.9 Å². The Kier molecular flexibility index (Phi) is 6.67. The van der Waals surface area contributed by atoms with Gasteiger partial charge in [-0.2, -0.15) is 0 Å². The van der Waals surface area contributed by atoms with Crippen LogP contribution in [0.15, 0.2) is 29.8 Å². The largest absolute Gasteiger partial charge is 0.376 e. The van der Waals surface area contributed by atoms with Crippen LogP contribution in [-0.4, -0.2) is 62.8 Å². The molecule has 3 amide bonds. The fraction of sp³-hybridized carbons (Fsp3) is 0.522. The summed E-state index contributed by atoms with van der Waals surface area (Å²) in [5, 5.41) is 5.62. The van der Waals surface area contributed by atoms with Gasteiger partial charge in [0.2, 0.25) is 0 Å². The van der Waals surface area contributed by atoms with Gasteiger partial charge in [-0.15, -0.1) is 0 Å². The molecule has 2 saturated heterocycles. The van der Waals surface area contributed by atoms with Crippen LogP contribution in [0.25, 0.3) is 5.57 Å². The lowest BCUT2D eigenvalue weighted by molar-refractivity contribution is -0.124. The molecule has 2 unspecified atom stereocenters. The molecule has 0 aliphatic carbocycles. The Labute approximate surface area is 181 Å². The molecule has 8 heteroatoms. The molecular weight excluding hydrogens is 398 g/mol. The van der Waals surface area contributed by atoms with Crippen LogP contribution in [0.4, 0.5) is 5.69 Å². The fourth-order valence-corrected chi connectivity index (χ4v) is 4.37. The molecule has 1 aromatic rings. The van der Waals surface area contributed by atoms with Gasteiger partial charge >= 0.3 is 0 Å². The topological polar surface area (TPSA) is 97.0 Å². The first-order valence-corrected chi connectivity index (χ1v) is 11.0. The maximum absolute atomic E-state index is 13.2. The number of nitrogens with one attached hydrogen (secondary N) is 2. The number of hydrogen-bond acceptors (Lipinski definition) is 5. The number of carbonyl (C=O) groups is 3. The Morgan fingerprint density at radius 3 is 2.10 bits per heavy atom. The lowest BCUT2D eigenvalue weighted by Crippen LogP contribution is -2.41. The van der Waals surface area contributed by atoms with E-state index in [1.165, 1.54) is 0 Å². The van der Waals surface area contributed by atoms with Gasteiger partial charge in [-0.3, -0.25) is 14.4 Å². The molecule has 1 aromatic carbocycles. The Balaban J connectivity index is 1.64. The highest BCUT2D eigenvalue weighted by Crippen LogP contribution is 2.38. The van der Waals surface area contributed by atoms with E-state index in [9.17, 15) is 14.4 Å². The molecule has 2 atom stereocenters. The van der Waals surface area contributed by atoms with Gasteiger partial charge in [0.25, 0.3) is 17.7 Å². The van der Waals surface area contributed by atoms with Crippen LogP contribution in [0.1, 0.15) is 38.2 Å². The number of hydrogen-bond donors (Lipinski definition) is 2. The first kappa shape index (κ1) is 21.5. The van der Waals surface area contributed by atoms with E-state index in [0.717, 1.165) is 25.7 Å². The summed E-state index contributed by atoms with van der Waals surface area (Å²) < 4.78 is 11.1. The first-order valence-electron chi connectivity index (χ1n) is 11.0. The van der Waals surface area contributed by atoms with Crippen LogP contribution in [0.3, 0.4) is 0 Å². The SMILES string of the molecule is CCN1C(=O)C(=C(C(=O)NCC2CCCO2)C(=O)NCC2CCCO2)c2ccccc21. The Bertz CT molecular complexity index is 851. The number of ether oxygens (including phenoxy) is 2. The molecule has 8 nitrogen and oxygen atoms in total. The average Bonchev–Trinajstić information content (AvgIpc) is 3.53. The molecule has 4 rings (SSSR count). The summed E-state index contributed by atoms with van der Waals surface area (Å²) in [5.74, 6) is -1.45. The predicted molar refractivity (Wildman–Crippen MR) is 115 cm³/mol. The number of rotatable bonds is 7. The van der Waals surface area contributed by atoms with Crippen molar-refractivity contribution in [1.82, 2.24) is 10.6 Å². The molecule has 0 spiro atoms. The van der Waals surface area contributed by atoms with E-state index < -0.39 is 11.8 Å². The third kappa shape index (κ3) is 4.50. The molecule has 3 heterocycles. The van der Waals surface area contributed by atoms with Gasteiger partial charge in [-0.25, -0.2) is 0 Å².